The first-order chi connectivity index (χ1) is 14.8. The van der Waals surface area contributed by atoms with Crippen molar-refractivity contribution in [1.29, 1.82) is 0 Å². The van der Waals surface area contributed by atoms with E-state index in [1.807, 2.05) is 37.4 Å². The first-order valence-electron chi connectivity index (χ1n) is 9.96. The number of nitrogens with one attached hydrogen (secondary N) is 2. The summed E-state index contributed by atoms with van der Waals surface area (Å²) in [6.07, 6.45) is 0. The van der Waals surface area contributed by atoms with Crippen molar-refractivity contribution < 1.29 is 8.42 Å². The highest BCUT2D eigenvalue weighted by Gasteiger charge is 2.29. The monoisotopic (exact) mass is 456 g/mol. The molecule has 0 aliphatic carbocycles. The summed E-state index contributed by atoms with van der Waals surface area (Å²) < 4.78 is 27.9. The Bertz CT molecular complexity index is 1470. The first kappa shape index (κ1) is 20.3. The number of rotatable bonds is 3. The van der Waals surface area contributed by atoms with Crippen molar-refractivity contribution in [3.05, 3.63) is 63.9 Å². The van der Waals surface area contributed by atoms with Crippen LogP contribution in [-0.2, 0) is 10.0 Å². The van der Waals surface area contributed by atoms with Crippen LogP contribution in [0.4, 0.5) is 0 Å². The molecule has 2 aromatic carbocycles. The van der Waals surface area contributed by atoms with Crippen molar-refractivity contribution in [2.75, 3.05) is 33.2 Å². The average Bonchev–Trinajstić information content (AvgIpc) is 3.15. The zero-order valence-electron chi connectivity index (χ0n) is 16.9. The van der Waals surface area contributed by atoms with Gasteiger partial charge in [-0.15, -0.1) is 0 Å². The number of fused-ring (bicyclic) bond motifs is 2. The molecule has 7 nitrogen and oxygen atoms in total. The van der Waals surface area contributed by atoms with E-state index < -0.39 is 10.0 Å². The summed E-state index contributed by atoms with van der Waals surface area (Å²) in [5.74, 6) is 0. The molecule has 0 spiro atoms. The van der Waals surface area contributed by atoms with Gasteiger partial charge in [-0.25, -0.2) is 8.42 Å². The fraction of sp³-hybridized carbons (Fsp3) is 0.227. The van der Waals surface area contributed by atoms with E-state index in [1.54, 1.807) is 18.2 Å². The number of benzene rings is 2. The maximum Gasteiger partial charge on any atom is 0.257 e. The molecule has 3 heterocycles. The van der Waals surface area contributed by atoms with Gasteiger partial charge in [0.2, 0.25) is 10.0 Å². The van der Waals surface area contributed by atoms with Gasteiger partial charge in [0.05, 0.1) is 16.3 Å². The van der Waals surface area contributed by atoms with Gasteiger partial charge in [-0.05, 0) is 42.8 Å². The van der Waals surface area contributed by atoms with Crippen LogP contribution in [0.2, 0.25) is 5.02 Å². The normalized spacial score (nSPS) is 16.3. The number of likely N-dealkylation sites (N-methyl/N-ethyl adjacent to an activating group) is 1. The van der Waals surface area contributed by atoms with Gasteiger partial charge < -0.3 is 14.9 Å². The molecule has 1 aliphatic rings. The summed E-state index contributed by atoms with van der Waals surface area (Å²) in [7, 11) is -1.74. The van der Waals surface area contributed by atoms with Crippen LogP contribution in [0.3, 0.4) is 0 Å². The van der Waals surface area contributed by atoms with Crippen molar-refractivity contribution in [3.63, 3.8) is 0 Å². The Morgan fingerprint density at radius 1 is 0.903 bits per heavy atom. The minimum atomic E-state index is -3.71. The second-order valence-corrected chi connectivity index (χ2v) is 10.2. The smallest absolute Gasteiger partial charge is 0.257 e. The molecule has 0 bridgehead atoms. The highest BCUT2D eigenvalue weighted by Crippen LogP contribution is 2.32. The summed E-state index contributed by atoms with van der Waals surface area (Å²) in [6.45, 7) is 2.21. The van der Waals surface area contributed by atoms with Crippen LogP contribution < -0.4 is 5.56 Å². The van der Waals surface area contributed by atoms with Crippen molar-refractivity contribution in [1.82, 2.24) is 19.2 Å². The lowest BCUT2D eigenvalue weighted by Gasteiger charge is -2.31. The Labute approximate surface area is 184 Å². The number of aromatic nitrogens is 2. The highest BCUT2D eigenvalue weighted by atomic mass is 35.5. The largest absolute Gasteiger partial charge is 0.354 e. The second kappa shape index (κ2) is 7.49. The van der Waals surface area contributed by atoms with E-state index in [0.717, 1.165) is 10.9 Å². The molecule has 160 valence electrons. The van der Waals surface area contributed by atoms with Crippen molar-refractivity contribution in [2.45, 2.75) is 4.90 Å². The topological polar surface area (TPSA) is 89.3 Å². The van der Waals surface area contributed by atoms with E-state index in [1.165, 1.54) is 4.31 Å². The fourth-order valence-electron chi connectivity index (χ4n) is 3.99. The predicted molar refractivity (Wildman–Crippen MR) is 123 cm³/mol. The minimum absolute atomic E-state index is 0.0872. The summed E-state index contributed by atoms with van der Waals surface area (Å²) in [4.78, 5) is 20.9. The predicted octanol–water partition coefficient (Wildman–Crippen LogP) is 3.27. The Hall–Kier alpha value is -2.65. The van der Waals surface area contributed by atoms with Gasteiger partial charge in [0, 0.05) is 42.6 Å². The second-order valence-electron chi connectivity index (χ2n) is 7.86. The zero-order valence-corrected chi connectivity index (χ0v) is 18.4. The van der Waals surface area contributed by atoms with Gasteiger partial charge in [-0.2, -0.15) is 4.31 Å². The highest BCUT2D eigenvalue weighted by molar-refractivity contribution is 7.89. The molecule has 2 N–H and O–H groups in total. The average molecular weight is 457 g/mol. The van der Waals surface area contributed by atoms with Gasteiger partial charge >= 0.3 is 0 Å². The Morgan fingerprint density at radius 2 is 1.65 bits per heavy atom. The van der Waals surface area contributed by atoms with E-state index in [9.17, 15) is 13.2 Å². The van der Waals surface area contributed by atoms with Crippen molar-refractivity contribution in [3.8, 4) is 11.3 Å². The molecule has 0 atom stereocenters. The van der Waals surface area contributed by atoms with Crippen LogP contribution >= 0.6 is 11.6 Å². The van der Waals surface area contributed by atoms with Crippen molar-refractivity contribution >= 4 is 43.4 Å². The zero-order chi connectivity index (χ0) is 21.8. The Morgan fingerprint density at radius 3 is 2.42 bits per heavy atom. The summed E-state index contributed by atoms with van der Waals surface area (Å²) in [5.41, 5.74) is 2.30. The number of halogens is 1. The number of aromatic amines is 2. The van der Waals surface area contributed by atoms with Gasteiger partial charge in [-0.3, -0.25) is 4.79 Å². The number of hydrogen-bond donors (Lipinski definition) is 2. The molecule has 0 amide bonds. The van der Waals surface area contributed by atoms with Crippen LogP contribution in [-0.4, -0.2) is 60.8 Å². The van der Waals surface area contributed by atoms with E-state index in [4.69, 9.17) is 11.6 Å². The molecule has 0 saturated carbocycles. The van der Waals surface area contributed by atoms with Crippen LogP contribution in [0.15, 0.2) is 58.2 Å². The number of piperazine rings is 1. The third kappa shape index (κ3) is 3.55. The summed E-state index contributed by atoms with van der Waals surface area (Å²) >= 11 is 6.40. The Balaban J connectivity index is 1.59. The standard InChI is InChI=1S/C22H21ClN4O3S/c1-26-6-8-27(9-7-26)31(29,30)21-12-15-11-20(24-19(15)13-17(21)23)16-10-14-4-2-3-5-18(14)25-22(16)28/h2-5,10-13,24H,6-9H2,1H3,(H,25,28). The molecule has 1 saturated heterocycles. The molecule has 31 heavy (non-hydrogen) atoms. The van der Waals surface area contributed by atoms with Crippen LogP contribution in [0.1, 0.15) is 0 Å². The number of nitrogens with zero attached hydrogens (tertiary/aromatic N) is 2. The minimum Gasteiger partial charge on any atom is -0.354 e. The summed E-state index contributed by atoms with van der Waals surface area (Å²) in [6, 6.07) is 14.3. The third-order valence-corrected chi connectivity index (χ3v) is 8.16. The molecule has 0 unspecified atom stereocenters. The number of pyridine rings is 1. The van der Waals surface area contributed by atoms with Gasteiger partial charge in [-0.1, -0.05) is 29.8 Å². The number of H-pyrrole nitrogens is 2. The number of hydrogen-bond acceptors (Lipinski definition) is 4. The maximum absolute atomic E-state index is 13.2. The molecule has 5 rings (SSSR count). The molecular formula is C22H21ClN4O3S. The van der Waals surface area contributed by atoms with Crippen LogP contribution in [0.25, 0.3) is 33.1 Å². The number of sulfonamides is 1. The third-order valence-electron chi connectivity index (χ3n) is 5.80. The van der Waals surface area contributed by atoms with Gasteiger partial charge in [0.25, 0.3) is 5.56 Å². The molecule has 1 aliphatic heterocycles. The lowest BCUT2D eigenvalue weighted by atomic mass is 10.1. The molecule has 4 aromatic rings. The fourth-order valence-corrected chi connectivity index (χ4v) is 5.95. The quantitative estimate of drug-likeness (QED) is 0.495. The molecular weight excluding hydrogens is 436 g/mol. The SMILES string of the molecule is CN1CCN(S(=O)(=O)c2cc3cc(-c4cc5ccccc5[nH]c4=O)[nH]c3cc2Cl)CC1. The Kier molecular flexibility index (Phi) is 4.90. The van der Waals surface area contributed by atoms with Crippen LogP contribution in [0, 0.1) is 0 Å². The summed E-state index contributed by atoms with van der Waals surface area (Å²) in [5, 5.41) is 1.75. The lowest BCUT2D eigenvalue weighted by Crippen LogP contribution is -2.47. The number of para-hydroxylation sites is 1. The molecule has 9 heteroatoms. The molecule has 0 radical (unpaired) electrons. The lowest BCUT2D eigenvalue weighted by molar-refractivity contribution is 0.222. The van der Waals surface area contributed by atoms with E-state index in [-0.39, 0.29) is 15.5 Å². The van der Waals surface area contributed by atoms with Crippen LogP contribution in [0.5, 0.6) is 0 Å². The van der Waals surface area contributed by atoms with E-state index in [2.05, 4.69) is 14.9 Å². The molecule has 2 aromatic heterocycles. The molecule has 1 fully saturated rings. The first-order valence-corrected chi connectivity index (χ1v) is 11.8. The van der Waals surface area contributed by atoms with E-state index >= 15 is 0 Å². The maximum atomic E-state index is 13.2. The van der Waals surface area contributed by atoms with Crippen molar-refractivity contribution in [2.24, 2.45) is 0 Å². The van der Waals surface area contributed by atoms with Gasteiger partial charge in [0.15, 0.2) is 0 Å². The van der Waals surface area contributed by atoms with E-state index in [0.29, 0.717) is 48.3 Å². The van der Waals surface area contributed by atoms with Gasteiger partial charge in [0.1, 0.15) is 4.90 Å².